The number of rotatable bonds is 1. The maximum absolute atomic E-state index is 9.83. The monoisotopic (exact) mass is 185 g/mol. The number of aliphatic hydroxyl groups is 1. The van der Waals surface area contributed by atoms with Crippen LogP contribution in [0.15, 0.2) is 0 Å². The van der Waals surface area contributed by atoms with Crippen molar-refractivity contribution in [2.75, 3.05) is 7.05 Å². The molecule has 1 fully saturated rings. The zero-order valence-electron chi connectivity index (χ0n) is 8.76. The van der Waals surface area contributed by atoms with Gasteiger partial charge in [0.25, 0.3) is 0 Å². The van der Waals surface area contributed by atoms with Gasteiger partial charge in [-0.2, -0.15) is 0 Å². The molecule has 0 bridgehead atoms. The molecule has 0 spiro atoms. The van der Waals surface area contributed by atoms with E-state index in [1.54, 1.807) is 0 Å². The minimum absolute atomic E-state index is 0.122. The molecule has 0 radical (unpaired) electrons. The van der Waals surface area contributed by atoms with Gasteiger partial charge in [-0.25, -0.2) is 0 Å². The molecule has 0 aromatic carbocycles. The van der Waals surface area contributed by atoms with Crippen LogP contribution in [-0.4, -0.2) is 24.3 Å². The van der Waals surface area contributed by atoms with Crippen molar-refractivity contribution in [3.63, 3.8) is 0 Å². The first-order valence-electron chi connectivity index (χ1n) is 5.70. The Morgan fingerprint density at radius 2 is 1.46 bits per heavy atom. The van der Waals surface area contributed by atoms with E-state index in [9.17, 15) is 5.11 Å². The summed E-state index contributed by atoms with van der Waals surface area (Å²) in [5.74, 6) is 0. The van der Waals surface area contributed by atoms with Crippen molar-refractivity contribution in [3.05, 3.63) is 0 Å². The van der Waals surface area contributed by atoms with Crippen LogP contribution >= 0.6 is 0 Å². The lowest BCUT2D eigenvalue weighted by molar-refractivity contribution is 0.111. The van der Waals surface area contributed by atoms with Gasteiger partial charge in [0.05, 0.1) is 6.10 Å². The molecule has 1 aliphatic rings. The Morgan fingerprint density at radius 1 is 0.923 bits per heavy atom. The smallest absolute Gasteiger partial charge is 0.0693 e. The van der Waals surface area contributed by atoms with E-state index in [0.717, 1.165) is 12.8 Å². The fourth-order valence-corrected chi connectivity index (χ4v) is 2.16. The Balaban J connectivity index is 2.32. The van der Waals surface area contributed by atoms with Crippen molar-refractivity contribution < 1.29 is 5.11 Å². The van der Waals surface area contributed by atoms with E-state index in [-0.39, 0.29) is 6.10 Å². The summed E-state index contributed by atoms with van der Waals surface area (Å²) in [5, 5.41) is 13.0. The van der Waals surface area contributed by atoms with E-state index < -0.39 is 0 Å². The highest BCUT2D eigenvalue weighted by Crippen LogP contribution is 2.17. The van der Waals surface area contributed by atoms with Crippen LogP contribution < -0.4 is 5.32 Å². The summed E-state index contributed by atoms with van der Waals surface area (Å²) in [6.45, 7) is 0. The lowest BCUT2D eigenvalue weighted by atomic mass is 9.95. The number of likely N-dealkylation sites (N-methyl/N-ethyl adjacent to an activating group) is 1. The van der Waals surface area contributed by atoms with Crippen LogP contribution in [0.5, 0.6) is 0 Å². The first-order chi connectivity index (χ1) is 6.34. The van der Waals surface area contributed by atoms with Crippen molar-refractivity contribution in [2.45, 2.75) is 63.5 Å². The second kappa shape index (κ2) is 6.39. The molecule has 2 atom stereocenters. The van der Waals surface area contributed by atoms with Crippen molar-refractivity contribution >= 4 is 0 Å². The highest BCUT2D eigenvalue weighted by molar-refractivity contribution is 4.75. The maximum Gasteiger partial charge on any atom is 0.0693 e. The van der Waals surface area contributed by atoms with Crippen molar-refractivity contribution in [2.24, 2.45) is 0 Å². The second-order valence-corrected chi connectivity index (χ2v) is 4.16. The Morgan fingerprint density at radius 3 is 2.08 bits per heavy atom. The molecule has 0 aliphatic heterocycles. The first-order valence-corrected chi connectivity index (χ1v) is 5.70. The summed E-state index contributed by atoms with van der Waals surface area (Å²) in [4.78, 5) is 0. The molecule has 0 saturated heterocycles. The van der Waals surface area contributed by atoms with Gasteiger partial charge in [0.15, 0.2) is 0 Å². The summed E-state index contributed by atoms with van der Waals surface area (Å²) in [6, 6.07) is 0.332. The van der Waals surface area contributed by atoms with E-state index in [2.05, 4.69) is 5.32 Å². The van der Waals surface area contributed by atoms with Gasteiger partial charge in [0, 0.05) is 6.04 Å². The van der Waals surface area contributed by atoms with Gasteiger partial charge in [0.1, 0.15) is 0 Å². The predicted octanol–water partition coefficient (Wildman–Crippen LogP) is 2.07. The van der Waals surface area contributed by atoms with Gasteiger partial charge in [-0.1, -0.05) is 38.5 Å². The molecule has 2 nitrogen and oxygen atoms in total. The van der Waals surface area contributed by atoms with Crippen molar-refractivity contribution in [1.29, 1.82) is 0 Å². The molecule has 0 heterocycles. The lowest BCUT2D eigenvalue weighted by Crippen LogP contribution is -2.37. The third-order valence-corrected chi connectivity index (χ3v) is 3.10. The number of hydrogen-bond acceptors (Lipinski definition) is 2. The number of aliphatic hydroxyl groups excluding tert-OH is 1. The van der Waals surface area contributed by atoms with E-state index in [1.165, 1.54) is 38.5 Å². The lowest BCUT2D eigenvalue weighted by Gasteiger charge is -2.23. The zero-order valence-corrected chi connectivity index (χ0v) is 8.76. The normalized spacial score (nSPS) is 32.8. The van der Waals surface area contributed by atoms with E-state index in [1.807, 2.05) is 7.05 Å². The minimum Gasteiger partial charge on any atom is -0.392 e. The van der Waals surface area contributed by atoms with Crippen LogP contribution in [0.3, 0.4) is 0 Å². The van der Waals surface area contributed by atoms with E-state index >= 15 is 0 Å². The second-order valence-electron chi connectivity index (χ2n) is 4.16. The number of hydrogen-bond donors (Lipinski definition) is 2. The fourth-order valence-electron chi connectivity index (χ4n) is 2.16. The molecule has 2 heteroatoms. The topological polar surface area (TPSA) is 32.3 Å². The Hall–Kier alpha value is -0.0800. The molecule has 1 saturated carbocycles. The fraction of sp³-hybridized carbons (Fsp3) is 1.00. The molecule has 0 amide bonds. The van der Waals surface area contributed by atoms with Gasteiger partial charge in [0.2, 0.25) is 0 Å². The third-order valence-electron chi connectivity index (χ3n) is 3.10. The highest BCUT2D eigenvalue weighted by atomic mass is 16.3. The van der Waals surface area contributed by atoms with Gasteiger partial charge in [-0.3, -0.25) is 0 Å². The quantitative estimate of drug-likeness (QED) is 0.655. The summed E-state index contributed by atoms with van der Waals surface area (Å²) in [7, 11) is 1.96. The van der Waals surface area contributed by atoms with Gasteiger partial charge < -0.3 is 10.4 Å². The van der Waals surface area contributed by atoms with Gasteiger partial charge in [-0.15, -0.1) is 0 Å². The van der Waals surface area contributed by atoms with Crippen LogP contribution in [-0.2, 0) is 0 Å². The number of nitrogens with one attached hydrogen (secondary N) is 1. The standard InChI is InChI=1S/C11H23NO/c1-12-10-8-6-4-2-3-5-7-9-11(10)13/h10-13H,2-9H2,1H3/t10-,11-/m1/s1. The van der Waals surface area contributed by atoms with Crippen LogP contribution in [0, 0.1) is 0 Å². The van der Waals surface area contributed by atoms with Crippen LogP contribution in [0.4, 0.5) is 0 Å². The Kier molecular flexibility index (Phi) is 5.40. The molecule has 0 aromatic rings. The molecule has 1 aliphatic carbocycles. The van der Waals surface area contributed by atoms with Crippen LogP contribution in [0.1, 0.15) is 51.4 Å². The average molecular weight is 185 g/mol. The molecule has 1 rings (SSSR count). The van der Waals surface area contributed by atoms with Crippen LogP contribution in [0.25, 0.3) is 0 Å². The Bertz CT molecular complexity index is 127. The van der Waals surface area contributed by atoms with Crippen LogP contribution in [0.2, 0.25) is 0 Å². The first kappa shape index (κ1) is 11.0. The highest BCUT2D eigenvalue weighted by Gasteiger charge is 2.16. The summed E-state index contributed by atoms with van der Waals surface area (Å²) in [5.41, 5.74) is 0. The molecular weight excluding hydrogens is 162 g/mol. The van der Waals surface area contributed by atoms with Crippen molar-refractivity contribution in [3.8, 4) is 0 Å². The summed E-state index contributed by atoms with van der Waals surface area (Å²) >= 11 is 0. The molecule has 2 N–H and O–H groups in total. The summed E-state index contributed by atoms with van der Waals surface area (Å²) < 4.78 is 0. The molecule has 13 heavy (non-hydrogen) atoms. The molecule has 0 aromatic heterocycles. The minimum atomic E-state index is -0.122. The Labute approximate surface area is 81.7 Å². The van der Waals surface area contributed by atoms with Gasteiger partial charge >= 0.3 is 0 Å². The molecule has 0 unspecified atom stereocenters. The predicted molar refractivity (Wildman–Crippen MR) is 55.8 cm³/mol. The average Bonchev–Trinajstić information content (AvgIpc) is 2.16. The molecular formula is C11H23NO. The largest absolute Gasteiger partial charge is 0.392 e. The maximum atomic E-state index is 9.83. The van der Waals surface area contributed by atoms with E-state index in [0.29, 0.717) is 6.04 Å². The third kappa shape index (κ3) is 4.10. The zero-order chi connectivity index (χ0) is 9.52. The van der Waals surface area contributed by atoms with Gasteiger partial charge in [-0.05, 0) is 19.9 Å². The summed E-state index contributed by atoms with van der Waals surface area (Å²) in [6.07, 6.45) is 9.83. The van der Waals surface area contributed by atoms with Crippen molar-refractivity contribution in [1.82, 2.24) is 5.32 Å². The molecule has 78 valence electrons. The SMILES string of the molecule is CN[C@@H]1CCCCCCCC[C@H]1O. The van der Waals surface area contributed by atoms with E-state index in [4.69, 9.17) is 0 Å².